The second-order valence-electron chi connectivity index (χ2n) is 9.65. The summed E-state index contributed by atoms with van der Waals surface area (Å²) in [6.45, 7) is 6.76. The zero-order valence-electron chi connectivity index (χ0n) is 22.1. The molecule has 3 rings (SSSR count). The number of alkyl halides is 6. The Hall–Kier alpha value is -3.44. The van der Waals surface area contributed by atoms with Crippen LogP contribution in [-0.4, -0.2) is 36.8 Å². The zero-order valence-corrected chi connectivity index (χ0v) is 22.1. The number of amides is 2. The van der Waals surface area contributed by atoms with Crippen LogP contribution in [-0.2, 0) is 28.4 Å². The normalized spacial score (nSPS) is 17.6. The van der Waals surface area contributed by atoms with Gasteiger partial charge < -0.3 is 9.47 Å². The number of ether oxygens (including phenoxy) is 2. The molecule has 1 aliphatic heterocycles. The Kier molecular flexibility index (Phi) is 8.76. The number of halogens is 6. The molecule has 214 valence electrons. The molecule has 2 aromatic carbocycles. The van der Waals surface area contributed by atoms with Gasteiger partial charge >= 0.3 is 24.5 Å². The molecule has 0 fully saturated rings. The van der Waals surface area contributed by atoms with Crippen LogP contribution in [0.2, 0.25) is 0 Å². The van der Waals surface area contributed by atoms with Gasteiger partial charge in [0.1, 0.15) is 0 Å². The van der Waals surface area contributed by atoms with Crippen molar-refractivity contribution in [2.24, 2.45) is 0 Å². The largest absolute Gasteiger partial charge is 0.453 e. The van der Waals surface area contributed by atoms with E-state index in [1.165, 1.54) is 4.90 Å². The first-order valence-electron chi connectivity index (χ1n) is 12.3. The van der Waals surface area contributed by atoms with E-state index >= 15 is 0 Å². The Bertz CT molecular complexity index is 1180. The molecular formula is C27H30F6N2O4. The average Bonchev–Trinajstić information content (AvgIpc) is 2.85. The van der Waals surface area contributed by atoms with E-state index in [0.29, 0.717) is 23.4 Å². The van der Waals surface area contributed by atoms with E-state index in [4.69, 9.17) is 9.47 Å². The summed E-state index contributed by atoms with van der Waals surface area (Å²) in [5.41, 5.74) is -1.54. The Balaban J connectivity index is 2.17. The van der Waals surface area contributed by atoms with Crippen molar-refractivity contribution < 1.29 is 45.4 Å². The number of fused-ring (bicyclic) bond motifs is 1. The third-order valence-electron chi connectivity index (χ3n) is 6.59. The molecule has 1 heterocycles. The van der Waals surface area contributed by atoms with E-state index in [0.717, 1.165) is 17.6 Å². The molecule has 1 aliphatic rings. The minimum atomic E-state index is -5.04. The fourth-order valence-electron chi connectivity index (χ4n) is 4.70. The molecule has 0 radical (unpaired) electrons. The van der Waals surface area contributed by atoms with Crippen molar-refractivity contribution in [2.75, 3.05) is 18.6 Å². The Morgan fingerprint density at radius 1 is 1.03 bits per heavy atom. The van der Waals surface area contributed by atoms with Crippen LogP contribution in [0.5, 0.6) is 0 Å². The van der Waals surface area contributed by atoms with Gasteiger partial charge in [0.05, 0.1) is 36.6 Å². The molecule has 12 heteroatoms. The minimum Gasteiger partial charge on any atom is -0.453 e. The predicted molar refractivity (Wildman–Crippen MR) is 131 cm³/mol. The van der Waals surface area contributed by atoms with Crippen LogP contribution in [0, 0.1) is 0 Å². The summed E-state index contributed by atoms with van der Waals surface area (Å²) in [5, 5.41) is 0. The van der Waals surface area contributed by atoms with Gasteiger partial charge in [-0.2, -0.15) is 26.3 Å². The number of rotatable bonds is 5. The first kappa shape index (κ1) is 30.1. The molecule has 0 N–H and O–H groups in total. The standard InChI is InChI=1S/C27H30F6N2O4/c1-6-39-25(37)35-16(4)9-23(21-12-18(15(2)3)7-8-22(21)35)34(24(36)38-5)14-17-10-19(26(28,29)30)13-20(11-17)27(31,32)33/h7-8,10-13,15-16,23H,6,9,14H2,1-5H3. The van der Waals surface area contributed by atoms with Crippen LogP contribution >= 0.6 is 0 Å². The number of nitrogens with zero attached hydrogens (tertiary/aromatic N) is 2. The third-order valence-corrected chi connectivity index (χ3v) is 6.59. The Morgan fingerprint density at radius 3 is 2.10 bits per heavy atom. The molecule has 0 aromatic heterocycles. The van der Waals surface area contributed by atoms with E-state index in [9.17, 15) is 35.9 Å². The number of hydrogen-bond donors (Lipinski definition) is 0. The van der Waals surface area contributed by atoms with Gasteiger partial charge in [0.15, 0.2) is 0 Å². The maximum Gasteiger partial charge on any atom is 0.416 e. The van der Waals surface area contributed by atoms with Crippen molar-refractivity contribution in [2.45, 2.75) is 71.0 Å². The summed E-state index contributed by atoms with van der Waals surface area (Å²) in [5.74, 6) is 0.0516. The topological polar surface area (TPSA) is 59.1 Å². The van der Waals surface area contributed by atoms with Crippen molar-refractivity contribution >= 4 is 17.9 Å². The van der Waals surface area contributed by atoms with Crippen molar-refractivity contribution in [1.82, 2.24) is 4.90 Å². The van der Waals surface area contributed by atoms with E-state index in [-0.39, 0.29) is 30.6 Å². The van der Waals surface area contributed by atoms with E-state index < -0.39 is 54.3 Å². The molecule has 2 amide bonds. The molecule has 0 aliphatic carbocycles. The highest BCUT2D eigenvalue weighted by Crippen LogP contribution is 2.43. The summed E-state index contributed by atoms with van der Waals surface area (Å²) in [6.07, 6.45) is -11.5. The molecular weight excluding hydrogens is 530 g/mol. The monoisotopic (exact) mass is 560 g/mol. The maximum atomic E-state index is 13.5. The van der Waals surface area contributed by atoms with Gasteiger partial charge in [-0.25, -0.2) is 9.59 Å². The van der Waals surface area contributed by atoms with Gasteiger partial charge in [0.2, 0.25) is 0 Å². The lowest BCUT2D eigenvalue weighted by molar-refractivity contribution is -0.143. The van der Waals surface area contributed by atoms with Crippen molar-refractivity contribution in [1.29, 1.82) is 0 Å². The van der Waals surface area contributed by atoms with Crippen LogP contribution in [0.15, 0.2) is 36.4 Å². The number of carbonyl (C=O) groups is 2. The first-order chi connectivity index (χ1) is 18.1. The molecule has 0 saturated carbocycles. The average molecular weight is 561 g/mol. The lowest BCUT2D eigenvalue weighted by Gasteiger charge is -2.42. The highest BCUT2D eigenvalue weighted by molar-refractivity contribution is 5.90. The second-order valence-corrected chi connectivity index (χ2v) is 9.65. The fourth-order valence-corrected chi connectivity index (χ4v) is 4.70. The lowest BCUT2D eigenvalue weighted by Crippen LogP contribution is -2.47. The quantitative estimate of drug-likeness (QED) is 0.349. The van der Waals surface area contributed by atoms with Crippen molar-refractivity contribution in [3.05, 3.63) is 64.2 Å². The molecule has 0 saturated heterocycles. The van der Waals surface area contributed by atoms with Gasteiger partial charge in [-0.05, 0) is 67.1 Å². The van der Waals surface area contributed by atoms with Crippen molar-refractivity contribution in [3.63, 3.8) is 0 Å². The van der Waals surface area contributed by atoms with Crippen LogP contribution in [0.25, 0.3) is 0 Å². The summed E-state index contributed by atoms with van der Waals surface area (Å²) < 4.78 is 91.0. The molecule has 39 heavy (non-hydrogen) atoms. The molecule has 2 aromatic rings. The van der Waals surface area contributed by atoms with Gasteiger partial charge in [0, 0.05) is 12.6 Å². The van der Waals surface area contributed by atoms with E-state index in [2.05, 4.69) is 0 Å². The van der Waals surface area contributed by atoms with Crippen LogP contribution in [0.3, 0.4) is 0 Å². The number of methoxy groups -OCH3 is 1. The smallest absolute Gasteiger partial charge is 0.416 e. The van der Waals surface area contributed by atoms with Gasteiger partial charge in [-0.1, -0.05) is 26.0 Å². The number of anilines is 1. The molecule has 0 spiro atoms. The van der Waals surface area contributed by atoms with E-state index in [1.54, 1.807) is 26.0 Å². The molecule has 0 bridgehead atoms. The highest BCUT2D eigenvalue weighted by Gasteiger charge is 2.41. The van der Waals surface area contributed by atoms with Gasteiger partial charge in [-0.3, -0.25) is 9.80 Å². The predicted octanol–water partition coefficient (Wildman–Crippen LogP) is 7.91. The Morgan fingerprint density at radius 2 is 1.62 bits per heavy atom. The number of carbonyl (C=O) groups excluding carboxylic acids is 2. The van der Waals surface area contributed by atoms with Gasteiger partial charge in [-0.15, -0.1) is 0 Å². The first-order valence-corrected chi connectivity index (χ1v) is 12.3. The minimum absolute atomic E-state index is 0.0378. The fraction of sp³-hybridized carbons (Fsp3) is 0.481. The van der Waals surface area contributed by atoms with Gasteiger partial charge in [0.25, 0.3) is 0 Å². The summed E-state index contributed by atoms with van der Waals surface area (Å²) in [4.78, 5) is 28.3. The SMILES string of the molecule is CCOC(=O)N1c2ccc(C(C)C)cc2C(N(Cc2cc(C(F)(F)F)cc(C(F)(F)F)c2)C(=O)OC)CC1C. The maximum absolute atomic E-state index is 13.5. The summed E-state index contributed by atoms with van der Waals surface area (Å²) >= 11 is 0. The number of benzene rings is 2. The summed E-state index contributed by atoms with van der Waals surface area (Å²) in [7, 11) is 1.07. The lowest BCUT2D eigenvalue weighted by atomic mass is 9.87. The highest BCUT2D eigenvalue weighted by atomic mass is 19.4. The third kappa shape index (κ3) is 6.59. The second kappa shape index (κ2) is 11.4. The Labute approximate surface area is 222 Å². The molecule has 2 atom stereocenters. The molecule has 6 nitrogen and oxygen atoms in total. The summed E-state index contributed by atoms with van der Waals surface area (Å²) in [6, 6.07) is 5.17. The molecule has 2 unspecified atom stereocenters. The zero-order chi connectivity index (χ0) is 29.3. The van der Waals surface area contributed by atoms with E-state index in [1.807, 2.05) is 19.9 Å². The van der Waals surface area contributed by atoms with Crippen LogP contribution < -0.4 is 4.90 Å². The van der Waals surface area contributed by atoms with Crippen LogP contribution in [0.1, 0.15) is 73.9 Å². The number of hydrogen-bond acceptors (Lipinski definition) is 4. The van der Waals surface area contributed by atoms with Crippen LogP contribution in [0.4, 0.5) is 41.6 Å². The van der Waals surface area contributed by atoms with Crippen molar-refractivity contribution in [3.8, 4) is 0 Å².